The number of aliphatic hydroxyl groups is 1. The molecule has 1 heterocycles. The zero-order valence-electron chi connectivity index (χ0n) is 22.9. The van der Waals surface area contributed by atoms with Crippen LogP contribution >= 0.6 is 0 Å². The van der Waals surface area contributed by atoms with Crippen molar-refractivity contribution in [2.45, 2.75) is 13.1 Å². The fraction of sp³-hybridized carbons (Fsp3) is 0.172. The van der Waals surface area contributed by atoms with E-state index in [0.29, 0.717) is 46.1 Å². The molecule has 1 aromatic heterocycles. The Morgan fingerprint density at radius 2 is 1.65 bits per heavy atom. The van der Waals surface area contributed by atoms with Crippen LogP contribution in [0, 0.1) is 12.7 Å². The van der Waals surface area contributed by atoms with Crippen LogP contribution in [0.5, 0.6) is 0 Å². The Balaban J connectivity index is 1.41. The van der Waals surface area contributed by atoms with Crippen LogP contribution in [0.15, 0.2) is 72.9 Å². The lowest BCUT2D eigenvalue weighted by Crippen LogP contribution is -2.20. The van der Waals surface area contributed by atoms with Gasteiger partial charge in [-0.15, -0.1) is 0 Å². The molecular weight excluding hydrogens is 572 g/mol. The van der Waals surface area contributed by atoms with Gasteiger partial charge in [0.1, 0.15) is 18.2 Å². The normalized spacial score (nSPS) is 11.0. The molecular formula is C29H26F4N6O4. The SMILES string of the molecule is Cc1ccc(Nc2nccc(N(C)c3ccc(NC(=O)Nc4cc(F)cc(C(F)(F)F)c4)cc3)n2)cc1C(=O)OCCO. The number of hydrogen-bond donors (Lipinski definition) is 4. The van der Waals surface area contributed by atoms with E-state index >= 15 is 0 Å². The molecule has 0 unspecified atom stereocenters. The van der Waals surface area contributed by atoms with Crippen molar-refractivity contribution in [2.24, 2.45) is 0 Å². The second-order valence-electron chi connectivity index (χ2n) is 9.16. The van der Waals surface area contributed by atoms with E-state index in [9.17, 15) is 27.2 Å². The average Bonchev–Trinajstić information content (AvgIpc) is 2.96. The molecule has 4 aromatic rings. The monoisotopic (exact) mass is 598 g/mol. The molecule has 0 saturated heterocycles. The highest BCUT2D eigenvalue weighted by Crippen LogP contribution is 2.32. The van der Waals surface area contributed by atoms with E-state index in [2.05, 4.69) is 25.9 Å². The number of anilines is 6. The number of carbonyl (C=O) groups excluding carboxylic acids is 2. The van der Waals surface area contributed by atoms with Crippen LogP contribution in [0.2, 0.25) is 0 Å². The maximum Gasteiger partial charge on any atom is 0.416 e. The number of hydrogen-bond acceptors (Lipinski definition) is 8. The summed E-state index contributed by atoms with van der Waals surface area (Å²) in [6.07, 6.45) is -3.22. The molecule has 0 aliphatic heterocycles. The third-order valence-corrected chi connectivity index (χ3v) is 6.02. The molecule has 0 atom stereocenters. The molecule has 224 valence electrons. The van der Waals surface area contributed by atoms with Crippen LogP contribution in [0.3, 0.4) is 0 Å². The second-order valence-corrected chi connectivity index (χ2v) is 9.16. The van der Waals surface area contributed by atoms with Crippen molar-refractivity contribution in [3.63, 3.8) is 0 Å². The van der Waals surface area contributed by atoms with Gasteiger partial charge in [0.2, 0.25) is 5.95 Å². The van der Waals surface area contributed by atoms with Crippen LogP contribution < -0.4 is 20.9 Å². The molecule has 4 N–H and O–H groups in total. The molecule has 0 bridgehead atoms. The zero-order valence-corrected chi connectivity index (χ0v) is 22.9. The number of amides is 2. The third-order valence-electron chi connectivity index (χ3n) is 6.02. The van der Waals surface area contributed by atoms with Gasteiger partial charge in [-0.2, -0.15) is 18.2 Å². The maximum atomic E-state index is 13.6. The molecule has 3 aromatic carbocycles. The van der Waals surface area contributed by atoms with E-state index in [1.165, 1.54) is 0 Å². The number of halogens is 4. The smallest absolute Gasteiger partial charge is 0.416 e. The number of nitrogens with zero attached hydrogens (tertiary/aromatic N) is 3. The van der Waals surface area contributed by atoms with Crippen LogP contribution in [-0.4, -0.2) is 47.3 Å². The summed E-state index contributed by atoms with van der Waals surface area (Å²) in [7, 11) is 1.75. The van der Waals surface area contributed by atoms with Gasteiger partial charge in [-0.05, 0) is 73.2 Å². The molecule has 43 heavy (non-hydrogen) atoms. The first-order valence-electron chi connectivity index (χ1n) is 12.7. The van der Waals surface area contributed by atoms with Crippen LogP contribution in [0.25, 0.3) is 0 Å². The second kappa shape index (κ2) is 13.2. The maximum absolute atomic E-state index is 13.6. The van der Waals surface area contributed by atoms with Crippen molar-refractivity contribution in [3.05, 3.63) is 95.4 Å². The highest BCUT2D eigenvalue weighted by Gasteiger charge is 2.31. The van der Waals surface area contributed by atoms with Crippen LogP contribution in [-0.2, 0) is 10.9 Å². The fourth-order valence-corrected chi connectivity index (χ4v) is 3.88. The molecule has 0 aliphatic rings. The van der Waals surface area contributed by atoms with E-state index < -0.39 is 29.6 Å². The highest BCUT2D eigenvalue weighted by atomic mass is 19.4. The third kappa shape index (κ3) is 8.16. The van der Waals surface area contributed by atoms with Gasteiger partial charge in [-0.1, -0.05) is 6.07 Å². The van der Waals surface area contributed by atoms with Crippen LogP contribution in [0.1, 0.15) is 21.5 Å². The van der Waals surface area contributed by atoms with E-state index in [4.69, 9.17) is 9.84 Å². The summed E-state index contributed by atoms with van der Waals surface area (Å²) in [5.74, 6) is -0.936. The molecule has 2 amide bonds. The van der Waals surface area contributed by atoms with Gasteiger partial charge in [-0.3, -0.25) is 0 Å². The quantitative estimate of drug-likeness (QED) is 0.132. The molecule has 0 radical (unpaired) electrons. The first kappa shape index (κ1) is 30.7. The Hall–Kier alpha value is -5.24. The molecule has 0 saturated carbocycles. The van der Waals surface area contributed by atoms with Crippen molar-refractivity contribution in [1.29, 1.82) is 0 Å². The Morgan fingerprint density at radius 3 is 2.35 bits per heavy atom. The van der Waals surface area contributed by atoms with E-state index in [0.717, 1.165) is 6.07 Å². The number of aromatic nitrogens is 2. The molecule has 0 aliphatic carbocycles. The predicted molar refractivity (Wildman–Crippen MR) is 152 cm³/mol. The number of nitrogens with one attached hydrogen (secondary N) is 3. The van der Waals surface area contributed by atoms with Crippen molar-refractivity contribution in [2.75, 3.05) is 41.1 Å². The average molecular weight is 599 g/mol. The van der Waals surface area contributed by atoms with Gasteiger partial charge in [0.15, 0.2) is 0 Å². The van der Waals surface area contributed by atoms with E-state index in [-0.39, 0.29) is 24.8 Å². The number of aliphatic hydroxyl groups excluding tert-OH is 1. The lowest BCUT2D eigenvalue weighted by molar-refractivity contribution is -0.137. The lowest BCUT2D eigenvalue weighted by atomic mass is 10.1. The minimum atomic E-state index is -4.77. The van der Waals surface area contributed by atoms with Gasteiger partial charge in [0.05, 0.1) is 17.7 Å². The van der Waals surface area contributed by atoms with Gasteiger partial charge >= 0.3 is 18.2 Å². The van der Waals surface area contributed by atoms with Crippen molar-refractivity contribution >= 4 is 46.5 Å². The molecule has 0 spiro atoms. The zero-order chi connectivity index (χ0) is 31.1. The molecule has 0 fully saturated rings. The molecule has 10 nitrogen and oxygen atoms in total. The number of benzene rings is 3. The summed E-state index contributed by atoms with van der Waals surface area (Å²) in [6, 6.07) is 14.2. The number of alkyl halides is 3. The topological polar surface area (TPSA) is 129 Å². The first-order valence-corrected chi connectivity index (χ1v) is 12.7. The van der Waals surface area contributed by atoms with Crippen molar-refractivity contribution in [3.8, 4) is 0 Å². The Morgan fingerprint density at radius 1 is 0.953 bits per heavy atom. The Labute approximate surface area is 243 Å². The largest absolute Gasteiger partial charge is 0.460 e. The summed E-state index contributed by atoms with van der Waals surface area (Å²) < 4.78 is 57.4. The number of carbonyl (C=O) groups is 2. The van der Waals surface area contributed by atoms with Crippen LogP contribution in [0.4, 0.5) is 56.9 Å². The summed E-state index contributed by atoms with van der Waals surface area (Å²) >= 11 is 0. The summed E-state index contributed by atoms with van der Waals surface area (Å²) in [4.78, 5) is 35.1. The Bertz CT molecular complexity index is 1620. The number of ether oxygens (including phenoxy) is 1. The Kier molecular flexibility index (Phi) is 9.40. The van der Waals surface area contributed by atoms with Crippen molar-refractivity contribution in [1.82, 2.24) is 9.97 Å². The fourth-order valence-electron chi connectivity index (χ4n) is 3.88. The molecule has 4 rings (SSSR count). The van der Waals surface area contributed by atoms with Gasteiger partial charge in [-0.25, -0.2) is 19.0 Å². The highest BCUT2D eigenvalue weighted by molar-refractivity contribution is 6.00. The van der Waals surface area contributed by atoms with E-state index in [1.54, 1.807) is 73.6 Å². The number of rotatable bonds is 9. The minimum absolute atomic E-state index is 0.112. The van der Waals surface area contributed by atoms with E-state index in [1.807, 2.05) is 0 Å². The van der Waals surface area contributed by atoms with Crippen molar-refractivity contribution < 1.29 is 37.0 Å². The van der Waals surface area contributed by atoms with Gasteiger partial charge in [0.25, 0.3) is 0 Å². The standard InChI is InChI=1S/C29H26F4N6O4/c1-17-3-4-21(16-24(17)26(41)43-12-11-40)35-27-34-10-9-25(38-27)39(2)23-7-5-20(6-8-23)36-28(42)37-22-14-18(29(31,32)33)13-19(30)15-22/h3-10,13-16,40H,11-12H2,1-2H3,(H,34,35,38)(H2,36,37,42). The van der Waals surface area contributed by atoms with Gasteiger partial charge < -0.3 is 30.7 Å². The number of aryl methyl sites for hydroxylation is 1. The minimum Gasteiger partial charge on any atom is -0.460 e. The number of esters is 1. The predicted octanol–water partition coefficient (Wildman–Crippen LogP) is 6.25. The summed E-state index contributed by atoms with van der Waals surface area (Å²) in [5.41, 5.74) is 1.01. The molecule has 14 heteroatoms. The lowest BCUT2D eigenvalue weighted by Gasteiger charge is -2.19. The van der Waals surface area contributed by atoms with Gasteiger partial charge in [0, 0.05) is 36.0 Å². The number of urea groups is 1. The summed E-state index contributed by atoms with van der Waals surface area (Å²) in [6.45, 7) is 1.37. The first-order chi connectivity index (χ1) is 20.4. The summed E-state index contributed by atoms with van der Waals surface area (Å²) in [5, 5.41) is 16.6.